The Labute approximate surface area is 102 Å². The number of nitrogens with zero attached hydrogens (tertiary/aromatic N) is 1. The van der Waals surface area contributed by atoms with Crippen LogP contribution >= 0.6 is 0 Å². The number of aromatic hydroxyl groups is 1. The smallest absolute Gasteiger partial charge is 0.343 e. The van der Waals surface area contributed by atoms with Crippen LogP contribution in [0.2, 0.25) is 0 Å². The molecule has 0 unspecified atom stereocenters. The minimum Gasteiger partial charge on any atom is -0.504 e. The first-order valence-corrected chi connectivity index (χ1v) is 4.79. The summed E-state index contributed by atoms with van der Waals surface area (Å²) in [4.78, 5) is 21.2. The van der Waals surface area contributed by atoms with E-state index in [1.165, 1.54) is 25.5 Å². The van der Waals surface area contributed by atoms with Crippen LogP contribution in [-0.2, 0) is 0 Å². The highest BCUT2D eigenvalue weighted by Crippen LogP contribution is 2.25. The molecule has 0 fully saturated rings. The molecule has 1 aromatic carbocycles. The molecule has 1 rings (SSSR count). The first-order chi connectivity index (χ1) is 8.52. The third-order valence-corrected chi connectivity index (χ3v) is 1.82. The SMILES string of the molecule is COc1cc(/C=N/NC(=O)NC(N)=O)ccc1O. The lowest BCUT2D eigenvalue weighted by atomic mass is 10.2. The third-order valence-electron chi connectivity index (χ3n) is 1.82. The lowest BCUT2D eigenvalue weighted by Crippen LogP contribution is -2.40. The predicted octanol–water partition coefficient (Wildman–Crippen LogP) is 0.113. The molecule has 0 aliphatic heterocycles. The fourth-order valence-corrected chi connectivity index (χ4v) is 1.08. The molecular weight excluding hydrogens is 240 g/mol. The summed E-state index contributed by atoms with van der Waals surface area (Å²) in [5.41, 5.74) is 7.34. The largest absolute Gasteiger partial charge is 0.504 e. The van der Waals surface area contributed by atoms with E-state index in [-0.39, 0.29) is 11.5 Å². The summed E-state index contributed by atoms with van der Waals surface area (Å²) in [5.74, 6) is 0.273. The van der Waals surface area contributed by atoms with Crippen molar-refractivity contribution in [3.8, 4) is 11.5 Å². The van der Waals surface area contributed by atoms with Crippen LogP contribution in [0.25, 0.3) is 0 Å². The number of hydrazone groups is 1. The quantitative estimate of drug-likeness (QED) is 0.450. The van der Waals surface area contributed by atoms with E-state index in [1.807, 2.05) is 5.43 Å². The zero-order valence-electron chi connectivity index (χ0n) is 9.51. The van der Waals surface area contributed by atoms with Crippen LogP contribution in [0.15, 0.2) is 23.3 Å². The number of carbonyl (C=O) groups excluding carboxylic acids is 2. The number of carbonyl (C=O) groups is 2. The second kappa shape index (κ2) is 6.09. The molecule has 0 bridgehead atoms. The minimum absolute atomic E-state index is 0.00548. The van der Waals surface area contributed by atoms with Crippen molar-refractivity contribution in [3.63, 3.8) is 0 Å². The van der Waals surface area contributed by atoms with Gasteiger partial charge in [0, 0.05) is 0 Å². The molecule has 0 saturated carbocycles. The summed E-state index contributed by atoms with van der Waals surface area (Å²) < 4.78 is 4.89. The monoisotopic (exact) mass is 252 g/mol. The van der Waals surface area contributed by atoms with E-state index in [0.717, 1.165) is 0 Å². The highest BCUT2D eigenvalue weighted by Gasteiger charge is 2.02. The number of imide groups is 1. The molecule has 8 nitrogen and oxygen atoms in total. The van der Waals surface area contributed by atoms with Gasteiger partial charge in [0.1, 0.15) is 0 Å². The van der Waals surface area contributed by atoms with Crippen LogP contribution in [0.3, 0.4) is 0 Å². The number of primary amides is 1. The number of phenolic OH excluding ortho intramolecular Hbond substituents is 1. The number of ether oxygens (including phenoxy) is 1. The van der Waals surface area contributed by atoms with Crippen molar-refractivity contribution in [2.24, 2.45) is 10.8 Å². The number of benzene rings is 1. The van der Waals surface area contributed by atoms with Gasteiger partial charge in [-0.2, -0.15) is 5.10 Å². The molecule has 1 aromatic rings. The van der Waals surface area contributed by atoms with E-state index in [2.05, 4.69) is 5.10 Å². The summed E-state index contributed by atoms with van der Waals surface area (Å²) in [5, 5.41) is 14.7. The van der Waals surface area contributed by atoms with Gasteiger partial charge in [0.15, 0.2) is 11.5 Å². The lowest BCUT2D eigenvalue weighted by Gasteiger charge is -2.03. The zero-order valence-corrected chi connectivity index (χ0v) is 9.51. The van der Waals surface area contributed by atoms with Gasteiger partial charge in [0.05, 0.1) is 13.3 Å². The number of hydrogen-bond acceptors (Lipinski definition) is 5. The standard InChI is InChI=1S/C10H12N4O4/c1-18-8-4-6(2-3-7(8)15)5-12-14-10(17)13-9(11)16/h2-5,15H,1H3,(H4,11,13,14,16,17)/b12-5+. The zero-order chi connectivity index (χ0) is 13.5. The Morgan fingerprint density at radius 2 is 2.22 bits per heavy atom. The Morgan fingerprint density at radius 1 is 1.50 bits per heavy atom. The molecule has 0 atom stereocenters. The molecule has 96 valence electrons. The number of hydrogen-bond donors (Lipinski definition) is 4. The normalized spacial score (nSPS) is 10.1. The molecule has 0 spiro atoms. The molecule has 0 aromatic heterocycles. The van der Waals surface area contributed by atoms with Gasteiger partial charge in [-0.3, -0.25) is 5.32 Å². The van der Waals surface area contributed by atoms with Gasteiger partial charge in [0.25, 0.3) is 0 Å². The maximum atomic E-state index is 10.9. The number of nitrogens with two attached hydrogens (primary N) is 1. The molecule has 0 aliphatic carbocycles. The maximum absolute atomic E-state index is 10.9. The van der Waals surface area contributed by atoms with Crippen molar-refractivity contribution in [1.82, 2.24) is 10.7 Å². The van der Waals surface area contributed by atoms with E-state index in [1.54, 1.807) is 11.4 Å². The molecule has 5 N–H and O–H groups in total. The van der Waals surface area contributed by atoms with Gasteiger partial charge in [0.2, 0.25) is 0 Å². The van der Waals surface area contributed by atoms with Crippen molar-refractivity contribution in [3.05, 3.63) is 23.8 Å². The van der Waals surface area contributed by atoms with Gasteiger partial charge in [-0.15, -0.1) is 0 Å². The van der Waals surface area contributed by atoms with E-state index >= 15 is 0 Å². The first-order valence-electron chi connectivity index (χ1n) is 4.79. The van der Waals surface area contributed by atoms with E-state index in [4.69, 9.17) is 10.5 Å². The average molecular weight is 252 g/mol. The molecule has 18 heavy (non-hydrogen) atoms. The number of nitrogens with one attached hydrogen (secondary N) is 2. The third kappa shape index (κ3) is 4.00. The molecular formula is C10H12N4O4. The second-order valence-electron chi connectivity index (χ2n) is 3.12. The van der Waals surface area contributed by atoms with Crippen molar-refractivity contribution in [2.75, 3.05) is 7.11 Å². The summed E-state index contributed by atoms with van der Waals surface area (Å²) in [6.45, 7) is 0. The van der Waals surface area contributed by atoms with Gasteiger partial charge in [-0.1, -0.05) is 0 Å². The van der Waals surface area contributed by atoms with Crippen molar-refractivity contribution in [1.29, 1.82) is 0 Å². The van der Waals surface area contributed by atoms with Gasteiger partial charge in [-0.05, 0) is 23.8 Å². The highest BCUT2D eigenvalue weighted by molar-refractivity contribution is 5.93. The predicted molar refractivity (Wildman–Crippen MR) is 63.5 cm³/mol. The Hall–Kier alpha value is -2.77. The van der Waals surface area contributed by atoms with Crippen LogP contribution in [0, 0.1) is 0 Å². The summed E-state index contributed by atoms with van der Waals surface area (Å²) >= 11 is 0. The maximum Gasteiger partial charge on any atom is 0.343 e. The Bertz CT molecular complexity index is 487. The van der Waals surface area contributed by atoms with Gasteiger partial charge >= 0.3 is 12.1 Å². The van der Waals surface area contributed by atoms with Crippen molar-refractivity contribution >= 4 is 18.3 Å². The van der Waals surface area contributed by atoms with Gasteiger partial charge in [-0.25, -0.2) is 15.0 Å². The Kier molecular flexibility index (Phi) is 4.50. The van der Waals surface area contributed by atoms with Crippen LogP contribution in [0.4, 0.5) is 9.59 Å². The van der Waals surface area contributed by atoms with Crippen LogP contribution in [0.1, 0.15) is 5.56 Å². The highest BCUT2D eigenvalue weighted by atomic mass is 16.5. The van der Waals surface area contributed by atoms with Crippen LogP contribution in [-0.4, -0.2) is 30.5 Å². The molecule has 4 amide bonds. The Morgan fingerprint density at radius 3 is 2.83 bits per heavy atom. The number of rotatable bonds is 3. The van der Waals surface area contributed by atoms with Gasteiger partial charge < -0.3 is 15.6 Å². The molecule has 0 radical (unpaired) electrons. The molecule has 8 heteroatoms. The number of amides is 4. The number of phenols is 1. The topological polar surface area (TPSA) is 126 Å². The average Bonchev–Trinajstić information content (AvgIpc) is 2.30. The fourth-order valence-electron chi connectivity index (χ4n) is 1.08. The van der Waals surface area contributed by atoms with E-state index in [9.17, 15) is 14.7 Å². The molecule has 0 aliphatic rings. The summed E-state index contributed by atoms with van der Waals surface area (Å²) in [6.07, 6.45) is 1.31. The summed E-state index contributed by atoms with van der Waals surface area (Å²) in [7, 11) is 1.41. The number of methoxy groups -OCH3 is 1. The van der Waals surface area contributed by atoms with Crippen molar-refractivity contribution < 1.29 is 19.4 Å². The number of urea groups is 2. The lowest BCUT2D eigenvalue weighted by molar-refractivity contribution is 0.232. The van der Waals surface area contributed by atoms with Crippen LogP contribution < -0.4 is 21.2 Å². The van der Waals surface area contributed by atoms with E-state index in [0.29, 0.717) is 5.56 Å². The van der Waals surface area contributed by atoms with E-state index < -0.39 is 12.1 Å². The summed E-state index contributed by atoms with van der Waals surface area (Å²) in [6, 6.07) is 2.68. The first kappa shape index (κ1) is 13.3. The molecule has 0 heterocycles. The second-order valence-corrected chi connectivity index (χ2v) is 3.12. The van der Waals surface area contributed by atoms with Crippen LogP contribution in [0.5, 0.6) is 11.5 Å². The minimum atomic E-state index is -0.978. The molecule has 0 saturated heterocycles. The van der Waals surface area contributed by atoms with Crippen molar-refractivity contribution in [2.45, 2.75) is 0 Å². The fraction of sp³-hybridized carbons (Fsp3) is 0.100. The Balaban J connectivity index is 2.62.